The van der Waals surface area contributed by atoms with Crippen LogP contribution in [-0.4, -0.2) is 115 Å². The predicted molar refractivity (Wildman–Crippen MR) is 112 cm³/mol. The van der Waals surface area contributed by atoms with Crippen LogP contribution in [0.1, 0.15) is 12.8 Å². The summed E-state index contributed by atoms with van der Waals surface area (Å²) in [6.07, 6.45) is 5.04. The van der Waals surface area contributed by atoms with E-state index in [0.717, 1.165) is 30.8 Å². The summed E-state index contributed by atoms with van der Waals surface area (Å²) in [6.45, 7) is 7.73. The first-order chi connectivity index (χ1) is 15.3. The predicted octanol–water partition coefficient (Wildman–Crippen LogP) is -0.237. The molecule has 0 spiro atoms. The van der Waals surface area contributed by atoms with E-state index in [1.54, 1.807) is 0 Å². The largest absolute Gasteiger partial charge is 0.377 e. The Balaban J connectivity index is 1.22. The van der Waals surface area contributed by atoms with Gasteiger partial charge in [-0.05, 0) is 25.9 Å². The lowest BCUT2D eigenvalue weighted by Gasteiger charge is -2.22. The Kier molecular flexibility index (Phi) is 14.3. The molecule has 0 bridgehead atoms. The number of carbonyl (C=O) groups excluding carboxylic acids is 2. The van der Waals surface area contributed by atoms with Crippen molar-refractivity contribution in [3.8, 4) is 0 Å². The Morgan fingerprint density at radius 3 is 1.58 bits per heavy atom. The van der Waals surface area contributed by atoms with E-state index in [0.29, 0.717) is 78.8 Å². The van der Waals surface area contributed by atoms with Crippen LogP contribution in [0.2, 0.25) is 0 Å². The van der Waals surface area contributed by atoms with Gasteiger partial charge in [-0.1, -0.05) is 0 Å². The average Bonchev–Trinajstić information content (AvgIpc) is 3.11. The molecule has 178 valence electrons. The molecule has 2 amide bonds. The highest BCUT2D eigenvalue weighted by molar-refractivity contribution is 6.12. The zero-order valence-corrected chi connectivity index (χ0v) is 18.3. The molecule has 2 aliphatic heterocycles. The van der Waals surface area contributed by atoms with Crippen LogP contribution in [0.4, 0.5) is 0 Å². The van der Waals surface area contributed by atoms with Crippen LogP contribution in [0.3, 0.4) is 0 Å². The number of amides is 2. The summed E-state index contributed by atoms with van der Waals surface area (Å²) in [5, 5.41) is 3.31. The van der Waals surface area contributed by atoms with Gasteiger partial charge in [0.25, 0.3) is 11.8 Å². The van der Waals surface area contributed by atoms with Crippen LogP contribution in [0.15, 0.2) is 12.2 Å². The van der Waals surface area contributed by atoms with Crippen molar-refractivity contribution in [1.29, 1.82) is 0 Å². The van der Waals surface area contributed by atoms with Crippen LogP contribution >= 0.6 is 0 Å². The molecule has 1 saturated heterocycles. The first kappa shape index (κ1) is 25.9. The van der Waals surface area contributed by atoms with Crippen molar-refractivity contribution in [3.63, 3.8) is 0 Å². The molecular formula is C21H36N2O8. The first-order valence-electron chi connectivity index (χ1n) is 11.0. The number of nitrogens with zero attached hydrogens (tertiary/aromatic N) is 1. The van der Waals surface area contributed by atoms with Crippen LogP contribution < -0.4 is 5.32 Å². The number of imide groups is 1. The fourth-order valence-corrected chi connectivity index (χ4v) is 3.02. The monoisotopic (exact) mass is 444 g/mol. The Bertz CT molecular complexity index is 508. The topological polar surface area (TPSA) is 105 Å². The Labute approximate surface area is 184 Å². The van der Waals surface area contributed by atoms with Crippen molar-refractivity contribution in [1.82, 2.24) is 10.2 Å². The van der Waals surface area contributed by atoms with Crippen LogP contribution in [0.5, 0.6) is 0 Å². The highest BCUT2D eigenvalue weighted by atomic mass is 16.6. The lowest BCUT2D eigenvalue weighted by Crippen LogP contribution is -2.33. The third kappa shape index (κ3) is 12.3. The Morgan fingerprint density at radius 1 is 0.677 bits per heavy atom. The number of hydrogen-bond donors (Lipinski definition) is 1. The van der Waals surface area contributed by atoms with E-state index in [-0.39, 0.29) is 18.4 Å². The summed E-state index contributed by atoms with van der Waals surface area (Å²) in [4.78, 5) is 23.8. The summed E-state index contributed by atoms with van der Waals surface area (Å²) in [7, 11) is 0. The normalized spacial score (nSPS) is 17.2. The van der Waals surface area contributed by atoms with Gasteiger partial charge in [-0.2, -0.15) is 0 Å². The van der Waals surface area contributed by atoms with Crippen molar-refractivity contribution >= 4 is 11.8 Å². The van der Waals surface area contributed by atoms with E-state index in [1.807, 2.05) is 0 Å². The molecule has 10 nitrogen and oxygen atoms in total. The second-order valence-corrected chi connectivity index (χ2v) is 7.04. The van der Waals surface area contributed by atoms with Crippen molar-refractivity contribution < 1.29 is 38.0 Å². The van der Waals surface area contributed by atoms with Gasteiger partial charge in [-0.25, -0.2) is 0 Å². The van der Waals surface area contributed by atoms with Gasteiger partial charge >= 0.3 is 0 Å². The minimum atomic E-state index is -0.295. The summed E-state index contributed by atoms with van der Waals surface area (Å²) in [5.74, 6) is -0.591. The van der Waals surface area contributed by atoms with E-state index < -0.39 is 0 Å². The molecule has 0 radical (unpaired) electrons. The molecule has 10 heteroatoms. The lowest BCUT2D eigenvalue weighted by molar-refractivity contribution is -0.137. The SMILES string of the molecule is O=C1C=CC(=O)N1CCOCCOCCOCCOCCOCCOC1CCNCC1. The maximum absolute atomic E-state index is 11.3. The molecule has 2 heterocycles. The molecule has 0 atom stereocenters. The first-order valence-corrected chi connectivity index (χ1v) is 11.0. The van der Waals surface area contributed by atoms with Gasteiger partial charge < -0.3 is 33.7 Å². The third-order valence-electron chi connectivity index (χ3n) is 4.72. The van der Waals surface area contributed by atoms with Gasteiger partial charge in [0.05, 0.1) is 85.3 Å². The van der Waals surface area contributed by atoms with E-state index in [1.165, 1.54) is 12.2 Å². The van der Waals surface area contributed by atoms with Gasteiger partial charge in [-0.3, -0.25) is 14.5 Å². The zero-order valence-electron chi connectivity index (χ0n) is 18.3. The minimum Gasteiger partial charge on any atom is -0.377 e. The summed E-state index contributed by atoms with van der Waals surface area (Å²) >= 11 is 0. The average molecular weight is 445 g/mol. The highest BCUT2D eigenvalue weighted by Gasteiger charge is 2.22. The standard InChI is InChI=1S/C21H36N2O8/c24-20-1-2-21(25)23(20)7-8-26-9-10-27-11-12-28-13-14-29-15-16-30-17-18-31-19-3-5-22-6-4-19/h1-2,19,22H,3-18H2. The van der Waals surface area contributed by atoms with Gasteiger partial charge in [-0.15, -0.1) is 0 Å². The van der Waals surface area contributed by atoms with E-state index in [4.69, 9.17) is 28.4 Å². The number of piperidine rings is 1. The quantitative estimate of drug-likeness (QED) is 0.214. The van der Waals surface area contributed by atoms with E-state index >= 15 is 0 Å². The Morgan fingerprint density at radius 2 is 1.10 bits per heavy atom. The summed E-state index contributed by atoms with van der Waals surface area (Å²) in [6, 6.07) is 0. The van der Waals surface area contributed by atoms with Crippen molar-refractivity contribution in [2.45, 2.75) is 18.9 Å². The number of hydrogen-bond acceptors (Lipinski definition) is 9. The van der Waals surface area contributed by atoms with E-state index in [2.05, 4.69) is 5.32 Å². The maximum atomic E-state index is 11.3. The molecule has 1 N–H and O–H groups in total. The Hall–Kier alpha value is -1.40. The smallest absolute Gasteiger partial charge is 0.253 e. The van der Waals surface area contributed by atoms with Crippen LogP contribution in [-0.2, 0) is 38.0 Å². The summed E-state index contributed by atoms with van der Waals surface area (Å²) in [5.41, 5.74) is 0. The van der Waals surface area contributed by atoms with Crippen LogP contribution in [0, 0.1) is 0 Å². The number of carbonyl (C=O) groups is 2. The molecule has 1 fully saturated rings. The van der Waals surface area contributed by atoms with E-state index in [9.17, 15) is 9.59 Å². The minimum absolute atomic E-state index is 0.255. The molecule has 0 aromatic carbocycles. The molecule has 0 saturated carbocycles. The fourth-order valence-electron chi connectivity index (χ4n) is 3.02. The molecule has 31 heavy (non-hydrogen) atoms. The fraction of sp³-hybridized carbons (Fsp3) is 0.810. The zero-order chi connectivity index (χ0) is 22.0. The molecule has 0 aromatic heterocycles. The highest BCUT2D eigenvalue weighted by Crippen LogP contribution is 2.06. The number of nitrogens with one attached hydrogen (secondary N) is 1. The van der Waals surface area contributed by atoms with Gasteiger partial charge in [0.1, 0.15) is 0 Å². The molecule has 0 aromatic rings. The number of rotatable bonds is 19. The summed E-state index contributed by atoms with van der Waals surface area (Å²) < 4.78 is 32.8. The van der Waals surface area contributed by atoms with Gasteiger partial charge in [0.2, 0.25) is 0 Å². The molecule has 0 aliphatic carbocycles. The van der Waals surface area contributed by atoms with Crippen LogP contribution in [0.25, 0.3) is 0 Å². The maximum Gasteiger partial charge on any atom is 0.253 e. The molecule has 2 aliphatic rings. The van der Waals surface area contributed by atoms with Gasteiger partial charge in [0, 0.05) is 12.2 Å². The second-order valence-electron chi connectivity index (χ2n) is 7.04. The molecular weight excluding hydrogens is 408 g/mol. The second kappa shape index (κ2) is 17.2. The lowest BCUT2D eigenvalue weighted by atomic mass is 10.1. The van der Waals surface area contributed by atoms with Crippen molar-refractivity contribution in [2.75, 3.05) is 92.3 Å². The number of ether oxygens (including phenoxy) is 6. The van der Waals surface area contributed by atoms with Crippen molar-refractivity contribution in [2.24, 2.45) is 0 Å². The third-order valence-corrected chi connectivity index (χ3v) is 4.72. The van der Waals surface area contributed by atoms with Gasteiger partial charge in [0.15, 0.2) is 0 Å². The molecule has 0 unspecified atom stereocenters. The molecule has 2 rings (SSSR count). The van der Waals surface area contributed by atoms with Crippen molar-refractivity contribution in [3.05, 3.63) is 12.2 Å².